The molecule has 4 rings (SSSR count). The zero-order valence-corrected chi connectivity index (χ0v) is 18.2. The number of pyridine rings is 1. The van der Waals surface area contributed by atoms with E-state index in [-0.39, 0.29) is 12.5 Å². The molecule has 0 spiro atoms. The largest absolute Gasteiger partial charge is 0.379 e. The lowest BCUT2D eigenvalue weighted by molar-refractivity contribution is -0.118. The average molecular weight is 447 g/mol. The van der Waals surface area contributed by atoms with Gasteiger partial charge in [-0.2, -0.15) is 5.10 Å². The number of amides is 2. The minimum absolute atomic E-state index is 0.00387. The van der Waals surface area contributed by atoms with E-state index in [4.69, 9.17) is 10.5 Å². The zero-order valence-electron chi connectivity index (χ0n) is 18.2. The van der Waals surface area contributed by atoms with E-state index in [1.807, 2.05) is 30.3 Å². The number of hydrogen-bond donors (Lipinski definition) is 2. The summed E-state index contributed by atoms with van der Waals surface area (Å²) in [7, 11) is 0. The van der Waals surface area contributed by atoms with Crippen LogP contribution in [0.1, 0.15) is 11.1 Å². The first-order valence-corrected chi connectivity index (χ1v) is 10.7. The SMILES string of the molecule is NC(=O)Cn1cc(-c2ccncc2/C=C/C(=O)Nc2ccc(CN3CCOCC3)cc2)cn1. The van der Waals surface area contributed by atoms with Crippen LogP contribution >= 0.6 is 0 Å². The minimum atomic E-state index is -0.467. The van der Waals surface area contributed by atoms with E-state index < -0.39 is 5.91 Å². The molecule has 0 aliphatic carbocycles. The zero-order chi connectivity index (χ0) is 23.0. The quantitative estimate of drug-likeness (QED) is 0.511. The van der Waals surface area contributed by atoms with Crippen LogP contribution in [0.25, 0.3) is 17.2 Å². The lowest BCUT2D eigenvalue weighted by Gasteiger charge is -2.26. The van der Waals surface area contributed by atoms with Crippen molar-refractivity contribution in [2.24, 2.45) is 5.73 Å². The molecule has 1 aliphatic rings. The van der Waals surface area contributed by atoms with E-state index in [2.05, 4.69) is 20.3 Å². The fourth-order valence-electron chi connectivity index (χ4n) is 3.61. The van der Waals surface area contributed by atoms with Crippen molar-refractivity contribution in [1.82, 2.24) is 19.7 Å². The molecule has 0 atom stereocenters. The van der Waals surface area contributed by atoms with Crippen molar-refractivity contribution in [2.45, 2.75) is 13.1 Å². The van der Waals surface area contributed by atoms with Crippen LogP contribution in [-0.4, -0.2) is 57.8 Å². The fourth-order valence-corrected chi connectivity index (χ4v) is 3.61. The molecule has 0 saturated carbocycles. The molecule has 0 bridgehead atoms. The Labute approximate surface area is 191 Å². The second-order valence-electron chi connectivity index (χ2n) is 7.76. The van der Waals surface area contributed by atoms with Crippen molar-refractivity contribution in [1.29, 1.82) is 0 Å². The topological polar surface area (TPSA) is 115 Å². The molecule has 1 saturated heterocycles. The number of morpholine rings is 1. The van der Waals surface area contributed by atoms with Gasteiger partial charge in [0.1, 0.15) is 6.54 Å². The lowest BCUT2D eigenvalue weighted by Crippen LogP contribution is -2.35. The predicted octanol–water partition coefficient (Wildman–Crippen LogP) is 1.91. The number of carbonyl (C=O) groups is 2. The molecule has 1 fully saturated rings. The Balaban J connectivity index is 1.38. The number of primary amides is 1. The summed E-state index contributed by atoms with van der Waals surface area (Å²) in [5.41, 5.74) is 9.55. The molecule has 0 radical (unpaired) electrons. The van der Waals surface area contributed by atoms with Crippen molar-refractivity contribution in [2.75, 3.05) is 31.6 Å². The Morgan fingerprint density at radius 1 is 1.12 bits per heavy atom. The van der Waals surface area contributed by atoms with Crippen LogP contribution in [0.3, 0.4) is 0 Å². The van der Waals surface area contributed by atoms with Gasteiger partial charge in [-0.05, 0) is 35.4 Å². The van der Waals surface area contributed by atoms with Gasteiger partial charge in [0.15, 0.2) is 0 Å². The Morgan fingerprint density at radius 2 is 1.91 bits per heavy atom. The first-order chi connectivity index (χ1) is 16.1. The molecule has 9 nitrogen and oxygen atoms in total. The summed E-state index contributed by atoms with van der Waals surface area (Å²) in [4.78, 5) is 30.1. The molecule has 2 amide bonds. The van der Waals surface area contributed by atoms with Crippen molar-refractivity contribution < 1.29 is 14.3 Å². The number of nitrogens with one attached hydrogen (secondary N) is 1. The summed E-state index contributed by atoms with van der Waals surface area (Å²) in [5.74, 6) is -0.708. The van der Waals surface area contributed by atoms with E-state index in [0.717, 1.165) is 55.2 Å². The first-order valence-electron chi connectivity index (χ1n) is 10.7. The highest BCUT2D eigenvalue weighted by Gasteiger charge is 2.11. The second-order valence-corrected chi connectivity index (χ2v) is 7.76. The van der Waals surface area contributed by atoms with Crippen LogP contribution in [0.5, 0.6) is 0 Å². The lowest BCUT2D eigenvalue weighted by atomic mass is 10.0. The van der Waals surface area contributed by atoms with Gasteiger partial charge in [-0.1, -0.05) is 12.1 Å². The Kier molecular flexibility index (Phi) is 7.23. The maximum atomic E-state index is 12.5. The second kappa shape index (κ2) is 10.7. The van der Waals surface area contributed by atoms with Crippen LogP contribution in [0.2, 0.25) is 0 Å². The molecule has 0 unspecified atom stereocenters. The molecule has 3 N–H and O–H groups in total. The summed E-state index contributed by atoms with van der Waals surface area (Å²) < 4.78 is 6.86. The minimum Gasteiger partial charge on any atom is -0.379 e. The normalized spacial score (nSPS) is 14.4. The van der Waals surface area contributed by atoms with Crippen molar-refractivity contribution in [3.8, 4) is 11.1 Å². The van der Waals surface area contributed by atoms with E-state index >= 15 is 0 Å². The van der Waals surface area contributed by atoms with Gasteiger partial charge in [0.05, 0.1) is 19.4 Å². The van der Waals surface area contributed by atoms with Crippen LogP contribution < -0.4 is 11.1 Å². The number of nitrogens with zero attached hydrogens (tertiary/aromatic N) is 4. The summed E-state index contributed by atoms with van der Waals surface area (Å²) in [6.45, 7) is 4.29. The van der Waals surface area contributed by atoms with Gasteiger partial charge in [0.25, 0.3) is 0 Å². The number of benzene rings is 1. The van der Waals surface area contributed by atoms with Gasteiger partial charge < -0.3 is 15.8 Å². The molecule has 170 valence electrons. The molecule has 1 aromatic carbocycles. The van der Waals surface area contributed by atoms with Crippen LogP contribution in [0, 0.1) is 0 Å². The number of nitrogens with two attached hydrogens (primary N) is 1. The molecule has 3 aromatic rings. The average Bonchev–Trinajstić information content (AvgIpc) is 3.27. The smallest absolute Gasteiger partial charge is 0.248 e. The third-order valence-electron chi connectivity index (χ3n) is 5.26. The maximum absolute atomic E-state index is 12.5. The molecule has 33 heavy (non-hydrogen) atoms. The summed E-state index contributed by atoms with van der Waals surface area (Å²) >= 11 is 0. The highest BCUT2D eigenvalue weighted by Crippen LogP contribution is 2.23. The van der Waals surface area contributed by atoms with Gasteiger partial charge in [-0.15, -0.1) is 0 Å². The monoisotopic (exact) mass is 446 g/mol. The Bertz CT molecular complexity index is 1130. The summed E-state index contributed by atoms with van der Waals surface area (Å²) in [6.07, 6.45) is 9.89. The molecule has 9 heteroatoms. The number of carbonyl (C=O) groups excluding carboxylic acids is 2. The van der Waals surface area contributed by atoms with Crippen molar-refractivity contribution in [3.05, 3.63) is 72.3 Å². The predicted molar refractivity (Wildman–Crippen MR) is 125 cm³/mol. The van der Waals surface area contributed by atoms with Crippen molar-refractivity contribution in [3.63, 3.8) is 0 Å². The number of anilines is 1. The molecule has 3 heterocycles. The van der Waals surface area contributed by atoms with Gasteiger partial charge in [0, 0.05) is 61.1 Å². The molecule has 2 aromatic heterocycles. The van der Waals surface area contributed by atoms with E-state index in [1.165, 1.54) is 16.3 Å². The van der Waals surface area contributed by atoms with Gasteiger partial charge in [-0.25, -0.2) is 0 Å². The van der Waals surface area contributed by atoms with Gasteiger partial charge in [0.2, 0.25) is 11.8 Å². The van der Waals surface area contributed by atoms with E-state index in [9.17, 15) is 9.59 Å². The van der Waals surface area contributed by atoms with Gasteiger partial charge in [-0.3, -0.25) is 24.2 Å². The number of rotatable bonds is 8. The summed E-state index contributed by atoms with van der Waals surface area (Å²) in [6, 6.07) is 9.69. The third-order valence-corrected chi connectivity index (χ3v) is 5.26. The third kappa shape index (κ3) is 6.34. The maximum Gasteiger partial charge on any atom is 0.248 e. The first kappa shape index (κ1) is 22.4. The fraction of sp³-hybridized carbons (Fsp3) is 0.250. The molecular formula is C24H26N6O3. The molecule has 1 aliphatic heterocycles. The number of hydrogen-bond acceptors (Lipinski definition) is 6. The highest BCUT2D eigenvalue weighted by atomic mass is 16.5. The highest BCUT2D eigenvalue weighted by molar-refractivity contribution is 6.02. The van der Waals surface area contributed by atoms with E-state index in [0.29, 0.717) is 0 Å². The Morgan fingerprint density at radius 3 is 2.67 bits per heavy atom. The van der Waals surface area contributed by atoms with Crippen LogP contribution in [0.15, 0.2) is 61.2 Å². The Hall–Kier alpha value is -3.82. The molecular weight excluding hydrogens is 420 g/mol. The number of aromatic nitrogens is 3. The number of ether oxygens (including phenoxy) is 1. The standard InChI is InChI=1S/C24H26N6O3/c25-23(31)17-30-16-20(14-27-30)22-7-8-26-13-19(22)3-6-24(32)28-21-4-1-18(2-5-21)15-29-9-11-33-12-10-29/h1-8,13-14,16H,9-12,15,17H2,(H2,25,31)(H,28,32)/b6-3+. The van der Waals surface area contributed by atoms with Crippen molar-refractivity contribution >= 4 is 23.6 Å². The van der Waals surface area contributed by atoms with Gasteiger partial charge >= 0.3 is 0 Å². The van der Waals surface area contributed by atoms with Crippen LogP contribution in [0.4, 0.5) is 5.69 Å². The van der Waals surface area contributed by atoms with E-state index in [1.54, 1.807) is 30.9 Å². The van der Waals surface area contributed by atoms with Crippen LogP contribution in [-0.2, 0) is 27.4 Å². The summed E-state index contributed by atoms with van der Waals surface area (Å²) in [5, 5.41) is 7.03.